The van der Waals surface area contributed by atoms with Crippen molar-refractivity contribution in [1.29, 1.82) is 5.41 Å². The predicted molar refractivity (Wildman–Crippen MR) is 130 cm³/mol. The van der Waals surface area contributed by atoms with Crippen molar-refractivity contribution in [3.05, 3.63) is 53.2 Å². The van der Waals surface area contributed by atoms with Crippen LogP contribution in [0.25, 0.3) is 5.57 Å². The number of hydrogen-bond acceptors (Lipinski definition) is 5. The van der Waals surface area contributed by atoms with Crippen molar-refractivity contribution in [2.45, 2.75) is 32.6 Å². The van der Waals surface area contributed by atoms with E-state index in [-0.39, 0.29) is 11.5 Å². The molecule has 2 heterocycles. The van der Waals surface area contributed by atoms with E-state index in [1.807, 2.05) is 24.3 Å². The third-order valence-corrected chi connectivity index (χ3v) is 6.33. The molecule has 2 aromatic carbocycles. The molecule has 1 atom stereocenters. The molecule has 4 N–H and O–H groups in total. The quantitative estimate of drug-likeness (QED) is 0.447. The summed E-state index contributed by atoms with van der Waals surface area (Å²) < 4.78 is 28.4. The van der Waals surface area contributed by atoms with Gasteiger partial charge in [-0.05, 0) is 47.7 Å². The van der Waals surface area contributed by atoms with E-state index >= 15 is 0 Å². The number of alkyl halides is 2. The summed E-state index contributed by atoms with van der Waals surface area (Å²) in [4.78, 5) is 14.2. The van der Waals surface area contributed by atoms with Crippen molar-refractivity contribution in [2.75, 3.05) is 35.7 Å². The lowest BCUT2D eigenvalue weighted by Crippen LogP contribution is -2.32. The van der Waals surface area contributed by atoms with Gasteiger partial charge in [0.25, 0.3) is 6.43 Å². The lowest BCUT2D eigenvalue weighted by Gasteiger charge is -2.38. The Bertz CT molecular complexity index is 1100. The molecule has 2 aliphatic rings. The standard InChI is InChI=1S/C25H29F2N5O/c1-3-15-9-16-10-18(17(12-28)13-29-2)19(25(26)27)11-22(16)32(14-15)21-6-4-5-20-24(21)30-8-7-23(33)31-20/h4-6,10-13,15,25,28-30H,3,7-9,14H2,1-2H3,(H,31,33)/b17-13+,28-12?/t15-/m1/s1. The van der Waals surface area contributed by atoms with Gasteiger partial charge in [0.1, 0.15) is 0 Å². The molecule has 2 aliphatic heterocycles. The lowest BCUT2D eigenvalue weighted by molar-refractivity contribution is -0.115. The van der Waals surface area contributed by atoms with Crippen molar-refractivity contribution >= 4 is 40.4 Å². The molecular formula is C25H29F2N5O. The minimum atomic E-state index is -2.68. The van der Waals surface area contributed by atoms with E-state index in [0.717, 1.165) is 41.7 Å². The number of anilines is 4. The normalized spacial score (nSPS) is 18.1. The molecule has 0 saturated carbocycles. The van der Waals surface area contributed by atoms with Crippen LogP contribution >= 0.6 is 0 Å². The Morgan fingerprint density at radius 1 is 1.33 bits per heavy atom. The second-order valence-electron chi connectivity index (χ2n) is 8.42. The molecule has 0 fully saturated rings. The zero-order chi connectivity index (χ0) is 23.5. The molecule has 0 saturated heterocycles. The monoisotopic (exact) mass is 453 g/mol. The summed E-state index contributed by atoms with van der Waals surface area (Å²) in [6.07, 6.45) is 2.09. The Morgan fingerprint density at radius 2 is 2.15 bits per heavy atom. The first-order valence-corrected chi connectivity index (χ1v) is 11.2. The molecular weight excluding hydrogens is 424 g/mol. The van der Waals surface area contributed by atoms with E-state index in [1.54, 1.807) is 19.3 Å². The van der Waals surface area contributed by atoms with E-state index in [0.29, 0.717) is 42.3 Å². The third kappa shape index (κ3) is 4.42. The van der Waals surface area contributed by atoms with Gasteiger partial charge in [0.2, 0.25) is 5.91 Å². The Balaban J connectivity index is 1.90. The number of para-hydroxylation sites is 1. The number of rotatable bonds is 6. The summed E-state index contributed by atoms with van der Waals surface area (Å²) in [6.45, 7) is 3.34. The highest BCUT2D eigenvalue weighted by atomic mass is 19.3. The largest absolute Gasteiger partial charge is 0.393 e. The Kier molecular flexibility index (Phi) is 6.62. The Labute approximate surface area is 192 Å². The van der Waals surface area contributed by atoms with Crippen LogP contribution in [0.5, 0.6) is 0 Å². The maximum Gasteiger partial charge on any atom is 0.264 e. The van der Waals surface area contributed by atoms with Crippen LogP contribution in [0.4, 0.5) is 31.5 Å². The van der Waals surface area contributed by atoms with Gasteiger partial charge in [-0.3, -0.25) is 4.79 Å². The van der Waals surface area contributed by atoms with Crippen LogP contribution in [0.15, 0.2) is 36.5 Å². The highest BCUT2D eigenvalue weighted by Crippen LogP contribution is 2.45. The summed E-state index contributed by atoms with van der Waals surface area (Å²) in [5, 5.41) is 16.9. The number of nitrogens with zero attached hydrogens (tertiary/aromatic N) is 1. The van der Waals surface area contributed by atoms with Crippen LogP contribution < -0.4 is 20.9 Å². The molecule has 174 valence electrons. The number of nitrogens with one attached hydrogen (secondary N) is 4. The molecule has 2 aromatic rings. The van der Waals surface area contributed by atoms with Crippen molar-refractivity contribution in [3.8, 4) is 0 Å². The summed E-state index contributed by atoms with van der Waals surface area (Å²) in [5.41, 5.74) is 4.79. The van der Waals surface area contributed by atoms with Crippen LogP contribution in [0.2, 0.25) is 0 Å². The summed E-state index contributed by atoms with van der Waals surface area (Å²) >= 11 is 0. The number of benzene rings is 2. The van der Waals surface area contributed by atoms with Crippen LogP contribution in [-0.2, 0) is 11.2 Å². The molecule has 0 spiro atoms. The Morgan fingerprint density at radius 3 is 2.85 bits per heavy atom. The first-order valence-electron chi connectivity index (χ1n) is 11.2. The average Bonchev–Trinajstić information content (AvgIpc) is 3.01. The SMILES string of the molecule is CC[C@@H]1Cc2cc(/C(C=N)=C/NC)c(C(F)F)cc2N(c2cccc3c2NCCC(=O)N3)C1. The molecule has 4 rings (SSSR count). The van der Waals surface area contributed by atoms with Crippen molar-refractivity contribution in [1.82, 2.24) is 5.32 Å². The maximum absolute atomic E-state index is 14.2. The fraction of sp³-hybridized carbons (Fsp3) is 0.360. The first-order chi connectivity index (χ1) is 16.0. The lowest BCUT2D eigenvalue weighted by atomic mass is 9.86. The minimum absolute atomic E-state index is 0.0519. The van der Waals surface area contributed by atoms with Gasteiger partial charge in [-0.2, -0.15) is 0 Å². The second-order valence-corrected chi connectivity index (χ2v) is 8.42. The predicted octanol–water partition coefficient (Wildman–Crippen LogP) is 5.31. The van der Waals surface area contributed by atoms with Crippen molar-refractivity contribution < 1.29 is 13.6 Å². The van der Waals surface area contributed by atoms with Crippen LogP contribution in [-0.4, -0.2) is 32.3 Å². The fourth-order valence-electron chi connectivity index (χ4n) is 4.65. The Hall–Kier alpha value is -3.42. The van der Waals surface area contributed by atoms with E-state index in [9.17, 15) is 13.6 Å². The van der Waals surface area contributed by atoms with Crippen LogP contribution in [0.3, 0.4) is 0 Å². The molecule has 0 bridgehead atoms. The fourth-order valence-corrected chi connectivity index (χ4v) is 4.65. The van der Waals surface area contributed by atoms with Crippen LogP contribution in [0, 0.1) is 11.3 Å². The number of amides is 1. The zero-order valence-corrected chi connectivity index (χ0v) is 18.8. The highest BCUT2D eigenvalue weighted by molar-refractivity contribution is 6.09. The van der Waals surface area contributed by atoms with Crippen molar-refractivity contribution in [2.24, 2.45) is 5.92 Å². The minimum Gasteiger partial charge on any atom is -0.393 e. The number of allylic oxidation sites excluding steroid dienone is 1. The first kappa shape index (κ1) is 22.8. The zero-order valence-electron chi connectivity index (χ0n) is 18.8. The number of carbonyl (C=O) groups is 1. The van der Waals surface area contributed by atoms with Gasteiger partial charge < -0.3 is 26.3 Å². The van der Waals surface area contributed by atoms with Gasteiger partial charge in [-0.25, -0.2) is 8.78 Å². The van der Waals surface area contributed by atoms with Gasteiger partial charge in [0, 0.05) is 55.8 Å². The number of fused-ring (bicyclic) bond motifs is 2. The van der Waals surface area contributed by atoms with E-state index in [4.69, 9.17) is 5.41 Å². The molecule has 8 heteroatoms. The van der Waals surface area contributed by atoms with Crippen molar-refractivity contribution in [3.63, 3.8) is 0 Å². The molecule has 0 radical (unpaired) electrons. The van der Waals surface area contributed by atoms with E-state index in [2.05, 4.69) is 27.8 Å². The third-order valence-electron chi connectivity index (χ3n) is 6.33. The van der Waals surface area contributed by atoms with Crippen LogP contribution in [0.1, 0.15) is 42.9 Å². The van der Waals surface area contributed by atoms with Gasteiger partial charge in [-0.1, -0.05) is 19.4 Å². The van der Waals surface area contributed by atoms with E-state index < -0.39 is 6.43 Å². The molecule has 0 aromatic heterocycles. The molecule has 0 unspecified atom stereocenters. The molecule has 0 aliphatic carbocycles. The van der Waals surface area contributed by atoms with Gasteiger partial charge in [0.15, 0.2) is 0 Å². The second kappa shape index (κ2) is 9.60. The topological polar surface area (TPSA) is 80.2 Å². The average molecular weight is 454 g/mol. The number of hydrogen-bond donors (Lipinski definition) is 4. The maximum atomic E-state index is 14.2. The van der Waals surface area contributed by atoms with E-state index in [1.165, 1.54) is 0 Å². The molecule has 6 nitrogen and oxygen atoms in total. The van der Waals surface area contributed by atoms with Gasteiger partial charge >= 0.3 is 0 Å². The molecule has 1 amide bonds. The summed E-state index contributed by atoms with van der Waals surface area (Å²) in [6, 6.07) is 9.08. The van der Waals surface area contributed by atoms with Gasteiger partial charge in [-0.15, -0.1) is 0 Å². The number of carbonyl (C=O) groups excluding carboxylic acids is 1. The summed E-state index contributed by atoms with van der Waals surface area (Å²) in [5.74, 6) is 0.291. The summed E-state index contributed by atoms with van der Waals surface area (Å²) in [7, 11) is 1.69. The highest BCUT2D eigenvalue weighted by Gasteiger charge is 2.30. The number of halogens is 2. The smallest absolute Gasteiger partial charge is 0.264 e. The van der Waals surface area contributed by atoms with Gasteiger partial charge in [0.05, 0.1) is 17.1 Å². The molecule has 33 heavy (non-hydrogen) atoms.